The molecular formula is C18H25N5O3. The zero-order chi connectivity index (χ0) is 18.9. The third-order valence-corrected chi connectivity index (χ3v) is 3.41. The molecule has 1 heterocycles. The average Bonchev–Trinajstić information content (AvgIpc) is 2.63. The molecule has 8 nitrogen and oxygen atoms in total. The van der Waals surface area contributed by atoms with Crippen LogP contribution >= 0.6 is 0 Å². The van der Waals surface area contributed by atoms with Gasteiger partial charge in [0, 0.05) is 19.3 Å². The van der Waals surface area contributed by atoms with E-state index in [1.807, 2.05) is 13.8 Å². The van der Waals surface area contributed by atoms with Crippen LogP contribution in [0, 0.1) is 5.92 Å². The molecule has 0 aliphatic carbocycles. The minimum Gasteiger partial charge on any atom is -0.462 e. The van der Waals surface area contributed by atoms with Crippen molar-refractivity contribution in [1.82, 2.24) is 9.97 Å². The first kappa shape index (κ1) is 19.5. The van der Waals surface area contributed by atoms with Crippen molar-refractivity contribution in [2.45, 2.75) is 13.8 Å². The summed E-state index contributed by atoms with van der Waals surface area (Å²) in [6.45, 7) is 5.51. The van der Waals surface area contributed by atoms with E-state index in [4.69, 9.17) is 15.2 Å². The van der Waals surface area contributed by atoms with E-state index in [-0.39, 0.29) is 5.97 Å². The predicted octanol–water partition coefficient (Wildman–Crippen LogP) is 2.67. The van der Waals surface area contributed by atoms with E-state index in [9.17, 15) is 4.79 Å². The number of nitrogens with one attached hydrogen (secondary N) is 2. The summed E-state index contributed by atoms with van der Waals surface area (Å²) in [7, 11) is 1.63. The number of carbonyl (C=O) groups excluding carboxylic acids is 1. The van der Waals surface area contributed by atoms with Crippen molar-refractivity contribution in [1.29, 1.82) is 0 Å². The minimum absolute atomic E-state index is 0.298. The molecule has 8 heteroatoms. The van der Waals surface area contributed by atoms with Gasteiger partial charge >= 0.3 is 5.97 Å². The van der Waals surface area contributed by atoms with Gasteiger partial charge in [0.15, 0.2) is 11.6 Å². The van der Waals surface area contributed by atoms with Crippen molar-refractivity contribution in [2.75, 3.05) is 43.2 Å². The van der Waals surface area contributed by atoms with E-state index in [1.165, 1.54) is 6.33 Å². The van der Waals surface area contributed by atoms with Gasteiger partial charge in [-0.15, -0.1) is 0 Å². The minimum atomic E-state index is -0.337. The van der Waals surface area contributed by atoms with Crippen LogP contribution in [0.1, 0.15) is 24.2 Å². The molecule has 1 aromatic heterocycles. The van der Waals surface area contributed by atoms with Crippen LogP contribution in [0.15, 0.2) is 30.6 Å². The quantitative estimate of drug-likeness (QED) is 0.463. The number of esters is 1. The summed E-state index contributed by atoms with van der Waals surface area (Å²) in [5, 5.41) is 6.20. The Kier molecular flexibility index (Phi) is 7.16. The number of hydrogen-bond acceptors (Lipinski definition) is 8. The van der Waals surface area contributed by atoms with Gasteiger partial charge in [-0.05, 0) is 30.2 Å². The highest BCUT2D eigenvalue weighted by Crippen LogP contribution is 2.25. The highest BCUT2D eigenvalue weighted by molar-refractivity contribution is 5.90. The van der Waals surface area contributed by atoms with E-state index < -0.39 is 0 Å². The number of rotatable bonds is 9. The van der Waals surface area contributed by atoms with Gasteiger partial charge in [0.2, 0.25) is 0 Å². The average molecular weight is 359 g/mol. The molecule has 4 N–H and O–H groups in total. The summed E-state index contributed by atoms with van der Waals surface area (Å²) in [5.74, 6) is 0.979. The zero-order valence-corrected chi connectivity index (χ0v) is 15.3. The summed E-state index contributed by atoms with van der Waals surface area (Å²) in [4.78, 5) is 20.2. The van der Waals surface area contributed by atoms with Crippen molar-refractivity contribution in [3.63, 3.8) is 0 Å². The molecule has 0 saturated carbocycles. The van der Waals surface area contributed by atoms with Gasteiger partial charge in [-0.3, -0.25) is 0 Å². The first-order chi connectivity index (χ1) is 12.5. The van der Waals surface area contributed by atoms with E-state index in [1.54, 1.807) is 31.4 Å². The Balaban J connectivity index is 2.02. The Morgan fingerprint density at radius 3 is 2.54 bits per heavy atom. The molecule has 0 bridgehead atoms. The van der Waals surface area contributed by atoms with Crippen LogP contribution in [-0.2, 0) is 9.47 Å². The lowest BCUT2D eigenvalue weighted by Gasteiger charge is -2.12. The van der Waals surface area contributed by atoms with Crippen LogP contribution in [0.4, 0.5) is 23.0 Å². The number of nitrogens with two attached hydrogens (primary N) is 1. The molecule has 0 aliphatic heterocycles. The monoisotopic (exact) mass is 359 g/mol. The van der Waals surface area contributed by atoms with Gasteiger partial charge < -0.3 is 25.8 Å². The molecule has 0 aliphatic rings. The maximum absolute atomic E-state index is 11.9. The number of benzene rings is 1. The Morgan fingerprint density at radius 2 is 1.88 bits per heavy atom. The van der Waals surface area contributed by atoms with Crippen molar-refractivity contribution in [2.24, 2.45) is 5.92 Å². The number of aromatic nitrogens is 2. The van der Waals surface area contributed by atoms with E-state index >= 15 is 0 Å². The first-order valence-electron chi connectivity index (χ1n) is 8.38. The number of hydrogen-bond donors (Lipinski definition) is 3. The number of ether oxygens (including phenoxy) is 2. The fraction of sp³-hybridized carbons (Fsp3) is 0.389. The third-order valence-electron chi connectivity index (χ3n) is 3.41. The van der Waals surface area contributed by atoms with Gasteiger partial charge in [0.1, 0.15) is 12.0 Å². The predicted molar refractivity (Wildman–Crippen MR) is 102 cm³/mol. The maximum atomic E-state index is 11.9. The van der Waals surface area contributed by atoms with E-state index in [2.05, 4.69) is 20.6 Å². The van der Waals surface area contributed by atoms with Gasteiger partial charge in [-0.2, -0.15) is 0 Å². The highest BCUT2D eigenvalue weighted by Gasteiger charge is 2.10. The maximum Gasteiger partial charge on any atom is 0.338 e. The number of nitrogens with zero attached hydrogens (tertiary/aromatic N) is 2. The summed E-state index contributed by atoms with van der Waals surface area (Å²) in [6.07, 6.45) is 1.42. The van der Waals surface area contributed by atoms with Crippen LogP contribution in [0.3, 0.4) is 0 Å². The topological polar surface area (TPSA) is 111 Å². The number of nitrogen functional groups attached to an aromatic ring is 1. The van der Waals surface area contributed by atoms with Gasteiger partial charge in [0.05, 0.1) is 18.8 Å². The third kappa shape index (κ3) is 5.59. The Morgan fingerprint density at radius 1 is 1.19 bits per heavy atom. The fourth-order valence-electron chi connectivity index (χ4n) is 2.06. The van der Waals surface area contributed by atoms with Crippen molar-refractivity contribution in [3.8, 4) is 0 Å². The fourth-order valence-corrected chi connectivity index (χ4v) is 2.06. The molecule has 0 spiro atoms. The van der Waals surface area contributed by atoms with Crippen molar-refractivity contribution in [3.05, 3.63) is 36.2 Å². The second-order valence-electron chi connectivity index (χ2n) is 6.10. The molecule has 0 radical (unpaired) electrons. The van der Waals surface area contributed by atoms with Crippen LogP contribution in [-0.4, -0.2) is 42.8 Å². The molecular weight excluding hydrogens is 334 g/mol. The molecule has 26 heavy (non-hydrogen) atoms. The van der Waals surface area contributed by atoms with E-state index in [0.717, 1.165) is 5.69 Å². The van der Waals surface area contributed by atoms with Crippen LogP contribution in [0.5, 0.6) is 0 Å². The zero-order valence-electron chi connectivity index (χ0n) is 15.3. The molecule has 1 aromatic carbocycles. The highest BCUT2D eigenvalue weighted by atomic mass is 16.5. The molecule has 0 unspecified atom stereocenters. The van der Waals surface area contributed by atoms with Gasteiger partial charge in [-0.1, -0.05) is 13.8 Å². The summed E-state index contributed by atoms with van der Waals surface area (Å²) in [6, 6.07) is 6.93. The lowest BCUT2D eigenvalue weighted by Crippen LogP contribution is -2.12. The Hall–Kier alpha value is -2.87. The number of anilines is 4. The normalized spacial score (nSPS) is 10.6. The van der Waals surface area contributed by atoms with E-state index in [0.29, 0.717) is 48.6 Å². The van der Waals surface area contributed by atoms with Gasteiger partial charge in [-0.25, -0.2) is 14.8 Å². The molecule has 0 fully saturated rings. The standard InChI is InChI=1S/C18H25N5O3/c1-12(2)10-26-18(24)13-4-6-14(7-5-13)23-17-15(19)16(21-11-22-17)20-8-9-25-3/h4-7,11-12H,8-10,19H2,1-3H3,(H2,20,21,22,23). The van der Waals surface area contributed by atoms with Crippen LogP contribution in [0.25, 0.3) is 0 Å². The molecule has 0 atom stereocenters. The molecule has 0 saturated heterocycles. The molecule has 140 valence electrons. The molecule has 0 amide bonds. The van der Waals surface area contributed by atoms with Crippen molar-refractivity contribution >= 4 is 29.0 Å². The summed E-state index contributed by atoms with van der Waals surface area (Å²) < 4.78 is 10.2. The Labute approximate surface area is 153 Å². The molecule has 2 rings (SSSR count). The lowest BCUT2D eigenvalue weighted by atomic mass is 10.2. The summed E-state index contributed by atoms with van der Waals surface area (Å²) >= 11 is 0. The second kappa shape index (κ2) is 9.57. The summed E-state index contributed by atoms with van der Waals surface area (Å²) in [5.41, 5.74) is 7.74. The first-order valence-corrected chi connectivity index (χ1v) is 8.38. The second-order valence-corrected chi connectivity index (χ2v) is 6.10. The largest absolute Gasteiger partial charge is 0.462 e. The smallest absolute Gasteiger partial charge is 0.338 e. The van der Waals surface area contributed by atoms with Crippen molar-refractivity contribution < 1.29 is 14.3 Å². The molecule has 2 aromatic rings. The van der Waals surface area contributed by atoms with Crippen LogP contribution < -0.4 is 16.4 Å². The number of methoxy groups -OCH3 is 1. The number of carbonyl (C=O) groups is 1. The SMILES string of the molecule is COCCNc1ncnc(Nc2ccc(C(=O)OCC(C)C)cc2)c1N. The van der Waals surface area contributed by atoms with Crippen LogP contribution in [0.2, 0.25) is 0 Å². The Bertz CT molecular complexity index is 719. The van der Waals surface area contributed by atoms with Gasteiger partial charge in [0.25, 0.3) is 0 Å². The lowest BCUT2D eigenvalue weighted by molar-refractivity contribution is 0.0459.